The first-order valence-corrected chi connectivity index (χ1v) is 9.25. The third-order valence-electron chi connectivity index (χ3n) is 4.67. The van der Waals surface area contributed by atoms with E-state index in [4.69, 9.17) is 9.47 Å². The smallest absolute Gasteiger partial charge is 0.320 e. The van der Waals surface area contributed by atoms with Crippen molar-refractivity contribution in [3.8, 4) is 17.2 Å². The van der Waals surface area contributed by atoms with E-state index in [0.29, 0.717) is 22.9 Å². The van der Waals surface area contributed by atoms with Gasteiger partial charge >= 0.3 is 11.1 Å². The number of amides is 1. The predicted molar refractivity (Wildman–Crippen MR) is 114 cm³/mol. The SMILES string of the molecule is COc1ccc(-n2ccn(CC(=O)Nc3ccc(C)cc3C)c(=O)c2=O)cc1OC. The van der Waals surface area contributed by atoms with Crippen LogP contribution in [0.3, 0.4) is 0 Å². The molecule has 30 heavy (non-hydrogen) atoms. The van der Waals surface area contributed by atoms with Gasteiger partial charge in [0, 0.05) is 24.1 Å². The van der Waals surface area contributed by atoms with Crippen LogP contribution in [-0.4, -0.2) is 29.3 Å². The first kappa shape index (κ1) is 20.9. The van der Waals surface area contributed by atoms with Crippen molar-refractivity contribution in [1.29, 1.82) is 0 Å². The Morgan fingerprint density at radius 3 is 2.33 bits per heavy atom. The average molecular weight is 409 g/mol. The highest BCUT2D eigenvalue weighted by atomic mass is 16.5. The van der Waals surface area contributed by atoms with Gasteiger partial charge in [0.15, 0.2) is 11.5 Å². The van der Waals surface area contributed by atoms with Crippen LogP contribution in [0.4, 0.5) is 5.69 Å². The summed E-state index contributed by atoms with van der Waals surface area (Å²) in [6.07, 6.45) is 2.84. The molecular weight excluding hydrogens is 386 g/mol. The van der Waals surface area contributed by atoms with Crippen LogP contribution in [0, 0.1) is 13.8 Å². The lowest BCUT2D eigenvalue weighted by molar-refractivity contribution is -0.116. The van der Waals surface area contributed by atoms with Crippen molar-refractivity contribution in [3.05, 3.63) is 80.6 Å². The molecule has 2 aromatic carbocycles. The number of hydrogen-bond acceptors (Lipinski definition) is 5. The van der Waals surface area contributed by atoms with Gasteiger partial charge in [-0.3, -0.25) is 23.5 Å². The van der Waals surface area contributed by atoms with Gasteiger partial charge in [0.2, 0.25) is 5.91 Å². The minimum Gasteiger partial charge on any atom is -0.493 e. The molecule has 1 N–H and O–H groups in total. The number of benzene rings is 2. The van der Waals surface area contributed by atoms with Gasteiger partial charge in [0.1, 0.15) is 6.54 Å². The number of aryl methyl sites for hydroxylation is 2. The zero-order valence-electron chi connectivity index (χ0n) is 17.3. The van der Waals surface area contributed by atoms with Gasteiger partial charge in [-0.1, -0.05) is 17.7 Å². The number of nitrogens with one attached hydrogen (secondary N) is 1. The van der Waals surface area contributed by atoms with E-state index >= 15 is 0 Å². The Balaban J connectivity index is 1.85. The Kier molecular flexibility index (Phi) is 6.06. The van der Waals surface area contributed by atoms with Crippen LogP contribution in [0.5, 0.6) is 11.5 Å². The van der Waals surface area contributed by atoms with Gasteiger partial charge in [0.25, 0.3) is 0 Å². The molecule has 0 bridgehead atoms. The topological polar surface area (TPSA) is 91.6 Å². The van der Waals surface area contributed by atoms with Crippen LogP contribution < -0.4 is 25.9 Å². The summed E-state index contributed by atoms with van der Waals surface area (Å²) in [4.78, 5) is 37.5. The Hall–Kier alpha value is -3.81. The summed E-state index contributed by atoms with van der Waals surface area (Å²) in [7, 11) is 2.99. The Morgan fingerprint density at radius 1 is 0.933 bits per heavy atom. The maximum atomic E-state index is 12.6. The zero-order valence-corrected chi connectivity index (χ0v) is 17.3. The number of methoxy groups -OCH3 is 2. The van der Waals surface area contributed by atoms with Crippen molar-refractivity contribution in [1.82, 2.24) is 9.13 Å². The Labute approximate surface area is 173 Å². The molecule has 0 spiro atoms. The van der Waals surface area contributed by atoms with Gasteiger partial charge in [-0.05, 0) is 37.6 Å². The summed E-state index contributed by atoms with van der Waals surface area (Å²) < 4.78 is 12.7. The van der Waals surface area contributed by atoms with E-state index in [1.165, 1.54) is 31.2 Å². The molecule has 0 aliphatic carbocycles. The second kappa shape index (κ2) is 8.69. The quantitative estimate of drug-likeness (QED) is 0.631. The van der Waals surface area contributed by atoms with E-state index in [1.807, 2.05) is 26.0 Å². The summed E-state index contributed by atoms with van der Waals surface area (Å²) in [6.45, 7) is 3.58. The standard InChI is InChI=1S/C22H23N3O5/c1-14-5-7-17(15(2)11-14)23-20(26)13-24-9-10-25(22(28)21(24)27)16-6-8-18(29-3)19(12-16)30-4/h5-12H,13H2,1-4H3,(H,23,26). The minimum absolute atomic E-state index is 0.270. The molecule has 3 rings (SSSR count). The first-order chi connectivity index (χ1) is 14.3. The zero-order chi connectivity index (χ0) is 21.8. The van der Waals surface area contributed by atoms with Crippen molar-refractivity contribution < 1.29 is 14.3 Å². The van der Waals surface area contributed by atoms with E-state index in [-0.39, 0.29) is 6.54 Å². The number of aromatic nitrogens is 2. The molecule has 3 aromatic rings. The molecule has 0 atom stereocenters. The van der Waals surface area contributed by atoms with E-state index < -0.39 is 17.0 Å². The van der Waals surface area contributed by atoms with Crippen LogP contribution in [0.15, 0.2) is 58.4 Å². The third kappa shape index (κ3) is 4.27. The Morgan fingerprint density at radius 2 is 1.67 bits per heavy atom. The molecule has 0 saturated heterocycles. The minimum atomic E-state index is -0.803. The molecule has 0 saturated carbocycles. The van der Waals surface area contributed by atoms with Crippen molar-refractivity contribution in [3.63, 3.8) is 0 Å². The van der Waals surface area contributed by atoms with Crippen molar-refractivity contribution in [2.45, 2.75) is 20.4 Å². The lowest BCUT2D eigenvalue weighted by Crippen LogP contribution is -2.41. The molecule has 1 amide bonds. The molecular formula is C22H23N3O5. The fraction of sp³-hybridized carbons (Fsp3) is 0.227. The summed E-state index contributed by atoms with van der Waals surface area (Å²) in [5.41, 5.74) is 1.53. The average Bonchev–Trinajstić information content (AvgIpc) is 2.73. The molecule has 1 aromatic heterocycles. The fourth-order valence-corrected chi connectivity index (χ4v) is 3.11. The second-order valence-corrected chi connectivity index (χ2v) is 6.81. The third-order valence-corrected chi connectivity index (χ3v) is 4.67. The Bertz CT molecular complexity index is 1210. The van der Waals surface area contributed by atoms with E-state index in [0.717, 1.165) is 15.7 Å². The van der Waals surface area contributed by atoms with Crippen LogP contribution in [0.25, 0.3) is 5.69 Å². The maximum absolute atomic E-state index is 12.6. The van der Waals surface area contributed by atoms with Gasteiger partial charge in [-0.25, -0.2) is 0 Å². The first-order valence-electron chi connectivity index (χ1n) is 9.25. The monoisotopic (exact) mass is 409 g/mol. The number of ether oxygens (including phenoxy) is 2. The maximum Gasteiger partial charge on any atom is 0.320 e. The fourth-order valence-electron chi connectivity index (χ4n) is 3.11. The number of hydrogen-bond donors (Lipinski definition) is 1. The number of carbonyl (C=O) groups is 1. The van der Waals surface area contributed by atoms with E-state index in [9.17, 15) is 14.4 Å². The number of rotatable bonds is 6. The highest BCUT2D eigenvalue weighted by Crippen LogP contribution is 2.28. The largest absolute Gasteiger partial charge is 0.493 e. The number of carbonyl (C=O) groups excluding carboxylic acids is 1. The van der Waals surface area contributed by atoms with Gasteiger partial charge in [-0.15, -0.1) is 0 Å². The molecule has 8 nitrogen and oxygen atoms in total. The van der Waals surface area contributed by atoms with Crippen molar-refractivity contribution >= 4 is 11.6 Å². The molecule has 0 aliphatic rings. The summed E-state index contributed by atoms with van der Waals surface area (Å²) >= 11 is 0. The highest BCUT2D eigenvalue weighted by Gasteiger charge is 2.13. The van der Waals surface area contributed by atoms with Gasteiger partial charge in [-0.2, -0.15) is 0 Å². The predicted octanol–water partition coefficient (Wildman–Crippen LogP) is 2.27. The molecule has 156 valence electrons. The molecule has 0 fully saturated rings. The van der Waals surface area contributed by atoms with Crippen LogP contribution >= 0.6 is 0 Å². The number of anilines is 1. The summed E-state index contributed by atoms with van der Waals surface area (Å²) in [5.74, 6) is 0.539. The van der Waals surface area contributed by atoms with Crippen molar-refractivity contribution in [2.75, 3.05) is 19.5 Å². The highest BCUT2D eigenvalue weighted by molar-refractivity contribution is 5.91. The summed E-state index contributed by atoms with van der Waals surface area (Å²) in [5, 5.41) is 2.77. The molecule has 0 aliphatic heterocycles. The number of nitrogens with zero attached hydrogens (tertiary/aromatic N) is 2. The van der Waals surface area contributed by atoms with E-state index in [1.54, 1.807) is 24.3 Å². The van der Waals surface area contributed by atoms with Crippen LogP contribution in [0.2, 0.25) is 0 Å². The van der Waals surface area contributed by atoms with Crippen LogP contribution in [-0.2, 0) is 11.3 Å². The summed E-state index contributed by atoms with van der Waals surface area (Å²) in [6, 6.07) is 10.5. The van der Waals surface area contributed by atoms with Crippen molar-refractivity contribution in [2.24, 2.45) is 0 Å². The lowest BCUT2D eigenvalue weighted by atomic mass is 10.1. The van der Waals surface area contributed by atoms with Gasteiger partial charge < -0.3 is 14.8 Å². The molecule has 0 unspecified atom stereocenters. The lowest BCUT2D eigenvalue weighted by Gasteiger charge is -2.13. The normalized spacial score (nSPS) is 10.5. The molecule has 1 heterocycles. The van der Waals surface area contributed by atoms with Crippen LogP contribution in [0.1, 0.15) is 11.1 Å². The molecule has 8 heteroatoms. The second-order valence-electron chi connectivity index (χ2n) is 6.81. The molecule has 0 radical (unpaired) electrons. The van der Waals surface area contributed by atoms with Gasteiger partial charge in [0.05, 0.1) is 19.9 Å². The van der Waals surface area contributed by atoms with E-state index in [2.05, 4.69) is 5.32 Å².